The van der Waals surface area contributed by atoms with Gasteiger partial charge in [-0.15, -0.1) is 0 Å². The van der Waals surface area contributed by atoms with Crippen molar-refractivity contribution in [2.75, 3.05) is 12.3 Å². The van der Waals surface area contributed by atoms with Crippen LogP contribution in [0.2, 0.25) is 0 Å². The Morgan fingerprint density at radius 3 is 2.86 bits per heavy atom. The van der Waals surface area contributed by atoms with Crippen molar-refractivity contribution < 1.29 is 14.3 Å². The maximum absolute atomic E-state index is 12.4. The van der Waals surface area contributed by atoms with Gasteiger partial charge in [0.05, 0.1) is 17.8 Å². The lowest BCUT2D eigenvalue weighted by Crippen LogP contribution is -2.41. The molecule has 0 bridgehead atoms. The van der Waals surface area contributed by atoms with E-state index < -0.39 is 0 Å². The van der Waals surface area contributed by atoms with E-state index in [4.69, 9.17) is 15.2 Å². The van der Waals surface area contributed by atoms with Gasteiger partial charge in [0.1, 0.15) is 6.10 Å². The highest BCUT2D eigenvalue weighted by Gasteiger charge is 2.41. The molecule has 4 nitrogen and oxygen atoms in total. The lowest BCUT2D eigenvalue weighted by atomic mass is 9.90. The van der Waals surface area contributed by atoms with Crippen LogP contribution in [0.3, 0.4) is 0 Å². The number of benzene rings is 1. The van der Waals surface area contributed by atoms with Crippen LogP contribution in [-0.4, -0.2) is 24.3 Å². The summed E-state index contributed by atoms with van der Waals surface area (Å²) in [6.45, 7) is 2.57. The van der Waals surface area contributed by atoms with Gasteiger partial charge < -0.3 is 15.2 Å². The maximum atomic E-state index is 12.4. The zero-order valence-corrected chi connectivity index (χ0v) is 12.6. The first-order valence-corrected chi connectivity index (χ1v) is 7.80. The van der Waals surface area contributed by atoms with Crippen LogP contribution in [0, 0.1) is 6.92 Å². The van der Waals surface area contributed by atoms with Crippen LogP contribution in [0.5, 0.6) is 0 Å². The van der Waals surface area contributed by atoms with Crippen LogP contribution >= 0.6 is 0 Å². The molecular weight excluding hydrogens is 266 g/mol. The number of nitrogens with two attached hydrogens (primary N) is 1. The Hall–Kier alpha value is -1.55. The maximum Gasteiger partial charge on any atom is 0.340 e. The van der Waals surface area contributed by atoms with Gasteiger partial charge in [0.15, 0.2) is 0 Å². The van der Waals surface area contributed by atoms with Crippen molar-refractivity contribution in [1.29, 1.82) is 0 Å². The summed E-state index contributed by atoms with van der Waals surface area (Å²) in [6, 6.07) is 5.48. The molecule has 1 aromatic rings. The summed E-state index contributed by atoms with van der Waals surface area (Å²) in [4.78, 5) is 12.4. The summed E-state index contributed by atoms with van der Waals surface area (Å²) in [7, 11) is 0. The number of esters is 1. The third kappa shape index (κ3) is 2.91. The second-order valence-electron chi connectivity index (χ2n) is 6.30. The van der Waals surface area contributed by atoms with Gasteiger partial charge in [-0.1, -0.05) is 25.0 Å². The van der Waals surface area contributed by atoms with E-state index in [2.05, 4.69) is 0 Å². The second-order valence-corrected chi connectivity index (χ2v) is 6.30. The van der Waals surface area contributed by atoms with E-state index in [0.717, 1.165) is 31.2 Å². The SMILES string of the molecule is Cc1cccc(N)c1C(=O)OC1CCOC2(CCCC2)C1. The second kappa shape index (κ2) is 5.68. The number of hydrogen-bond acceptors (Lipinski definition) is 4. The minimum absolute atomic E-state index is 0.0412. The van der Waals surface area contributed by atoms with E-state index in [1.165, 1.54) is 12.8 Å². The van der Waals surface area contributed by atoms with Gasteiger partial charge in [-0.2, -0.15) is 0 Å². The average molecular weight is 289 g/mol. The number of rotatable bonds is 2. The summed E-state index contributed by atoms with van der Waals surface area (Å²) >= 11 is 0. The first kappa shape index (κ1) is 14.4. The Bertz CT molecular complexity index is 515. The van der Waals surface area contributed by atoms with Gasteiger partial charge in [-0.3, -0.25) is 0 Å². The first-order valence-electron chi connectivity index (χ1n) is 7.80. The topological polar surface area (TPSA) is 61.6 Å². The average Bonchev–Trinajstić information content (AvgIpc) is 2.86. The van der Waals surface area contributed by atoms with Crippen LogP contribution < -0.4 is 5.73 Å². The number of carbonyl (C=O) groups excluding carboxylic acids is 1. The van der Waals surface area contributed by atoms with E-state index in [0.29, 0.717) is 17.9 Å². The van der Waals surface area contributed by atoms with Gasteiger partial charge in [0.2, 0.25) is 0 Å². The molecule has 1 aliphatic carbocycles. The Labute approximate surface area is 125 Å². The molecule has 1 aliphatic heterocycles. The van der Waals surface area contributed by atoms with Gasteiger partial charge >= 0.3 is 5.97 Å². The summed E-state index contributed by atoms with van der Waals surface area (Å²) in [6.07, 6.45) is 6.16. The minimum Gasteiger partial charge on any atom is -0.459 e. The largest absolute Gasteiger partial charge is 0.459 e. The molecule has 1 saturated heterocycles. The third-order valence-electron chi connectivity index (χ3n) is 4.75. The summed E-state index contributed by atoms with van der Waals surface area (Å²) in [5, 5.41) is 0. The molecule has 1 spiro atoms. The standard InChI is InChI=1S/C17H23NO3/c1-12-5-4-6-14(18)15(12)16(19)21-13-7-10-20-17(11-13)8-2-3-9-17/h4-6,13H,2-3,7-11,18H2,1H3. The van der Waals surface area contributed by atoms with E-state index in [1.807, 2.05) is 19.1 Å². The smallest absolute Gasteiger partial charge is 0.340 e. The normalized spacial score (nSPS) is 24.1. The van der Waals surface area contributed by atoms with Gasteiger partial charge in [0.25, 0.3) is 0 Å². The molecule has 21 heavy (non-hydrogen) atoms. The predicted octanol–water partition coefficient (Wildman–Crippen LogP) is 3.23. The summed E-state index contributed by atoms with van der Waals surface area (Å²) < 4.78 is 11.7. The minimum atomic E-state index is -0.300. The molecule has 1 unspecified atom stereocenters. The number of carbonyl (C=O) groups is 1. The predicted molar refractivity (Wildman–Crippen MR) is 81.2 cm³/mol. The molecule has 3 rings (SSSR count). The fourth-order valence-electron chi connectivity index (χ4n) is 3.63. The molecule has 0 radical (unpaired) electrons. The zero-order valence-electron chi connectivity index (χ0n) is 12.6. The van der Waals surface area contributed by atoms with Crippen LogP contribution in [0.15, 0.2) is 18.2 Å². The van der Waals surface area contributed by atoms with E-state index in [1.54, 1.807) is 6.07 Å². The highest BCUT2D eigenvalue weighted by atomic mass is 16.6. The van der Waals surface area contributed by atoms with E-state index in [-0.39, 0.29) is 17.7 Å². The number of nitrogen functional groups attached to an aromatic ring is 1. The summed E-state index contributed by atoms with van der Waals surface area (Å²) in [5.41, 5.74) is 7.73. The number of ether oxygens (including phenoxy) is 2. The van der Waals surface area contributed by atoms with E-state index in [9.17, 15) is 4.79 Å². The first-order chi connectivity index (χ1) is 10.1. The Balaban J connectivity index is 1.70. The van der Waals surface area contributed by atoms with Crippen molar-refractivity contribution in [1.82, 2.24) is 0 Å². The molecule has 1 saturated carbocycles. The van der Waals surface area contributed by atoms with Crippen LogP contribution in [0.1, 0.15) is 54.4 Å². The Kier molecular flexibility index (Phi) is 3.89. The van der Waals surface area contributed by atoms with Gasteiger partial charge in [-0.25, -0.2) is 4.79 Å². The molecule has 4 heteroatoms. The molecule has 2 aliphatic rings. The van der Waals surface area contributed by atoms with Crippen LogP contribution in [0.4, 0.5) is 5.69 Å². The third-order valence-corrected chi connectivity index (χ3v) is 4.75. The zero-order chi connectivity index (χ0) is 14.9. The van der Waals surface area contributed by atoms with Crippen molar-refractivity contribution in [2.45, 2.75) is 57.2 Å². The molecule has 1 atom stereocenters. The van der Waals surface area contributed by atoms with Crippen molar-refractivity contribution in [3.05, 3.63) is 29.3 Å². The fraction of sp³-hybridized carbons (Fsp3) is 0.588. The van der Waals surface area contributed by atoms with Crippen molar-refractivity contribution in [2.24, 2.45) is 0 Å². The summed E-state index contributed by atoms with van der Waals surface area (Å²) in [5.74, 6) is -0.300. The van der Waals surface area contributed by atoms with Crippen molar-refractivity contribution in [3.63, 3.8) is 0 Å². The van der Waals surface area contributed by atoms with Gasteiger partial charge in [0, 0.05) is 18.5 Å². The molecule has 0 amide bonds. The molecule has 1 heterocycles. The Morgan fingerprint density at radius 2 is 2.14 bits per heavy atom. The molecule has 1 aromatic carbocycles. The van der Waals surface area contributed by atoms with E-state index >= 15 is 0 Å². The van der Waals surface area contributed by atoms with Crippen molar-refractivity contribution in [3.8, 4) is 0 Å². The highest BCUT2D eigenvalue weighted by molar-refractivity contribution is 5.96. The van der Waals surface area contributed by atoms with Crippen LogP contribution in [0.25, 0.3) is 0 Å². The number of anilines is 1. The quantitative estimate of drug-likeness (QED) is 0.670. The lowest BCUT2D eigenvalue weighted by molar-refractivity contribution is -0.117. The molecule has 2 fully saturated rings. The highest BCUT2D eigenvalue weighted by Crippen LogP contribution is 2.41. The number of aryl methyl sites for hydroxylation is 1. The molecular formula is C17H23NO3. The molecule has 2 N–H and O–H groups in total. The number of hydrogen-bond donors (Lipinski definition) is 1. The monoisotopic (exact) mass is 289 g/mol. The lowest BCUT2D eigenvalue weighted by Gasteiger charge is -2.37. The molecule has 0 aromatic heterocycles. The van der Waals surface area contributed by atoms with Crippen molar-refractivity contribution >= 4 is 11.7 Å². The van der Waals surface area contributed by atoms with Crippen LogP contribution in [-0.2, 0) is 9.47 Å². The molecule has 114 valence electrons. The van der Waals surface area contributed by atoms with Gasteiger partial charge in [-0.05, 0) is 31.4 Å². The fourth-order valence-corrected chi connectivity index (χ4v) is 3.63. The Morgan fingerprint density at radius 1 is 1.38 bits per heavy atom.